The molecule has 1 aromatic carbocycles. The summed E-state index contributed by atoms with van der Waals surface area (Å²) in [7, 11) is 0. The van der Waals surface area contributed by atoms with Gasteiger partial charge in [0.2, 0.25) is 0 Å². The minimum Gasteiger partial charge on any atom is -0.486 e. The van der Waals surface area contributed by atoms with Crippen molar-refractivity contribution in [3.63, 3.8) is 0 Å². The fourth-order valence-electron chi connectivity index (χ4n) is 5.41. The molecule has 192 valence electrons. The zero-order chi connectivity index (χ0) is 24.9. The van der Waals surface area contributed by atoms with E-state index in [1.807, 2.05) is 17.4 Å². The number of carboxylic acid groups (broad SMARTS) is 2. The molecule has 1 fully saturated rings. The molecule has 0 atom stereocenters. The molecule has 0 radical (unpaired) electrons. The van der Waals surface area contributed by atoms with E-state index in [0.717, 1.165) is 42.5 Å². The number of carbonyl (C=O) groups is 1. The number of rotatable bonds is 5. The average Bonchev–Trinajstić information content (AvgIpc) is 3.27. The zero-order valence-corrected chi connectivity index (χ0v) is 21.2. The minimum atomic E-state index is -1.83. The summed E-state index contributed by atoms with van der Waals surface area (Å²) in [4.78, 5) is 21.6. The smallest absolute Gasteiger partial charge is 0.486 e. The van der Waals surface area contributed by atoms with Crippen molar-refractivity contribution < 1.29 is 24.5 Å². The molecule has 3 N–H and O–H groups in total. The molecule has 0 unspecified atom stereocenters. The number of ether oxygens (including phenoxy) is 2. The molecule has 2 aliphatic carbocycles. The van der Waals surface area contributed by atoms with Gasteiger partial charge in [0.1, 0.15) is 29.7 Å². The van der Waals surface area contributed by atoms with Crippen molar-refractivity contribution in [1.29, 1.82) is 0 Å². The highest BCUT2D eigenvalue weighted by Crippen LogP contribution is 2.41. The van der Waals surface area contributed by atoms with Crippen LogP contribution in [0, 0.1) is 0 Å². The van der Waals surface area contributed by atoms with E-state index in [1.165, 1.54) is 77.6 Å². The van der Waals surface area contributed by atoms with Crippen LogP contribution < -0.4 is 14.8 Å². The average molecular weight is 512 g/mol. The molecule has 3 heterocycles. The first-order chi connectivity index (χ1) is 17.6. The summed E-state index contributed by atoms with van der Waals surface area (Å²) in [6.45, 7) is 2.10. The summed E-state index contributed by atoms with van der Waals surface area (Å²) < 4.78 is 11.4. The number of aromatic nitrogens is 2. The van der Waals surface area contributed by atoms with Gasteiger partial charge in [-0.1, -0.05) is 25.3 Å². The van der Waals surface area contributed by atoms with E-state index in [4.69, 9.17) is 34.4 Å². The summed E-state index contributed by atoms with van der Waals surface area (Å²) in [5, 5.41) is 19.0. The first kappa shape index (κ1) is 24.6. The van der Waals surface area contributed by atoms with E-state index < -0.39 is 6.16 Å². The summed E-state index contributed by atoms with van der Waals surface area (Å²) in [5.74, 6) is 4.37. The van der Waals surface area contributed by atoms with Crippen molar-refractivity contribution in [2.24, 2.45) is 0 Å². The number of hydrogen-bond acceptors (Lipinski definition) is 7. The van der Waals surface area contributed by atoms with Crippen LogP contribution in [0.4, 0.5) is 10.6 Å². The fraction of sp³-hybridized carbons (Fsp3) is 0.519. The molecule has 3 aliphatic rings. The molecule has 0 spiro atoms. The van der Waals surface area contributed by atoms with Crippen LogP contribution in [-0.4, -0.2) is 46.1 Å². The van der Waals surface area contributed by atoms with E-state index in [2.05, 4.69) is 17.4 Å². The third-order valence-electron chi connectivity index (χ3n) is 7.11. The van der Waals surface area contributed by atoms with Crippen molar-refractivity contribution in [3.05, 3.63) is 40.0 Å². The number of hydrogen-bond donors (Lipinski definition) is 3. The van der Waals surface area contributed by atoms with Gasteiger partial charge in [0.25, 0.3) is 0 Å². The molecule has 1 saturated carbocycles. The second-order valence-electron chi connectivity index (χ2n) is 9.59. The van der Waals surface area contributed by atoms with Crippen molar-refractivity contribution >= 4 is 33.5 Å². The van der Waals surface area contributed by atoms with Crippen LogP contribution in [-0.2, 0) is 19.3 Å². The van der Waals surface area contributed by atoms with Gasteiger partial charge in [-0.05, 0) is 68.2 Å². The zero-order valence-electron chi connectivity index (χ0n) is 20.4. The monoisotopic (exact) mass is 511 g/mol. The van der Waals surface area contributed by atoms with Gasteiger partial charge in [0.15, 0.2) is 11.5 Å². The molecular formula is C27H33N3O5S. The third-order valence-corrected chi connectivity index (χ3v) is 8.30. The molecule has 36 heavy (non-hydrogen) atoms. The Bertz CT molecular complexity index is 1220. The lowest BCUT2D eigenvalue weighted by Crippen LogP contribution is -2.16. The van der Waals surface area contributed by atoms with Crippen LogP contribution >= 0.6 is 11.3 Å². The van der Waals surface area contributed by atoms with Gasteiger partial charge in [-0.25, -0.2) is 14.8 Å². The lowest BCUT2D eigenvalue weighted by atomic mass is 9.88. The molecule has 0 bridgehead atoms. The van der Waals surface area contributed by atoms with Crippen LogP contribution in [0.3, 0.4) is 0 Å². The fourth-order valence-corrected chi connectivity index (χ4v) is 6.68. The first-order valence-electron chi connectivity index (χ1n) is 12.9. The Morgan fingerprint density at radius 1 is 1.00 bits per heavy atom. The molecule has 1 aliphatic heterocycles. The highest BCUT2D eigenvalue weighted by atomic mass is 32.1. The van der Waals surface area contributed by atoms with Gasteiger partial charge in [0, 0.05) is 17.3 Å². The second kappa shape index (κ2) is 11.3. The van der Waals surface area contributed by atoms with E-state index in [0.29, 0.717) is 19.1 Å². The number of nitrogens with zero attached hydrogens (tertiary/aromatic N) is 2. The molecule has 0 saturated heterocycles. The predicted octanol–water partition coefficient (Wildman–Crippen LogP) is 6.27. The van der Waals surface area contributed by atoms with Crippen molar-refractivity contribution in [2.45, 2.75) is 70.1 Å². The Morgan fingerprint density at radius 3 is 2.56 bits per heavy atom. The first-order valence-corrected chi connectivity index (χ1v) is 13.8. The third kappa shape index (κ3) is 5.67. The Morgan fingerprint density at radius 2 is 1.75 bits per heavy atom. The van der Waals surface area contributed by atoms with Crippen molar-refractivity contribution in [2.75, 3.05) is 25.1 Å². The Labute approximate surface area is 214 Å². The Kier molecular flexibility index (Phi) is 7.75. The van der Waals surface area contributed by atoms with Crippen LogP contribution in [0.2, 0.25) is 0 Å². The van der Waals surface area contributed by atoms with Gasteiger partial charge in [-0.15, -0.1) is 11.3 Å². The summed E-state index contributed by atoms with van der Waals surface area (Å²) in [6, 6.07) is 6.29. The highest BCUT2D eigenvalue weighted by molar-refractivity contribution is 7.19. The maximum Gasteiger partial charge on any atom is 0.503 e. The lowest BCUT2D eigenvalue weighted by Gasteiger charge is -2.21. The lowest BCUT2D eigenvalue weighted by molar-refractivity contribution is 0.137. The quantitative estimate of drug-likeness (QED) is 0.367. The molecule has 0 amide bonds. The molecule has 2 aromatic heterocycles. The Balaban J connectivity index is 0.000000623. The number of benzene rings is 1. The number of aryl methyl sites for hydroxylation is 2. The topological polar surface area (TPSA) is 114 Å². The van der Waals surface area contributed by atoms with Gasteiger partial charge in [-0.2, -0.15) is 0 Å². The SMILES string of the molecule is O=C(O)O.c1cc2c(cc1CCNc1nc(C3CCCCC3)nc3sc4c(c13)CCCC4)OCCO2. The van der Waals surface area contributed by atoms with Gasteiger partial charge >= 0.3 is 6.16 Å². The number of thiophene rings is 1. The molecular weight excluding hydrogens is 478 g/mol. The van der Waals surface area contributed by atoms with Crippen LogP contribution in [0.15, 0.2) is 18.2 Å². The maximum atomic E-state index is 8.56. The minimum absolute atomic E-state index is 0.519. The van der Waals surface area contributed by atoms with E-state index in [9.17, 15) is 0 Å². The standard InChI is InChI=1S/C26H31N3O2S.CH2O3/c1-2-6-18(7-3-1)24-28-25(23-19-8-4-5-9-22(19)32-26(23)29-24)27-13-12-17-10-11-20-21(16-17)31-15-14-30-20;2-1(3)4/h10-11,16,18H,1-9,12-15H2,(H,27,28,29);(H2,2,3,4). The predicted molar refractivity (Wildman–Crippen MR) is 140 cm³/mol. The van der Waals surface area contributed by atoms with Gasteiger partial charge in [-0.3, -0.25) is 0 Å². The number of anilines is 1. The largest absolute Gasteiger partial charge is 0.503 e. The Hall–Kier alpha value is -3.07. The molecule has 3 aromatic rings. The van der Waals surface area contributed by atoms with E-state index in [-0.39, 0.29) is 0 Å². The van der Waals surface area contributed by atoms with Gasteiger partial charge < -0.3 is 25.0 Å². The summed E-state index contributed by atoms with van der Waals surface area (Å²) >= 11 is 1.92. The maximum absolute atomic E-state index is 8.56. The van der Waals surface area contributed by atoms with E-state index >= 15 is 0 Å². The van der Waals surface area contributed by atoms with Crippen LogP contribution in [0.5, 0.6) is 11.5 Å². The molecule has 6 rings (SSSR count). The summed E-state index contributed by atoms with van der Waals surface area (Å²) in [5.41, 5.74) is 2.76. The van der Waals surface area contributed by atoms with Crippen LogP contribution in [0.1, 0.15) is 72.7 Å². The molecule has 8 nitrogen and oxygen atoms in total. The van der Waals surface area contributed by atoms with Crippen molar-refractivity contribution in [3.8, 4) is 11.5 Å². The van der Waals surface area contributed by atoms with Gasteiger partial charge in [0.05, 0.1) is 5.39 Å². The second-order valence-corrected chi connectivity index (χ2v) is 10.7. The van der Waals surface area contributed by atoms with Crippen LogP contribution in [0.25, 0.3) is 10.2 Å². The summed E-state index contributed by atoms with van der Waals surface area (Å²) in [6.07, 6.45) is 10.5. The van der Waals surface area contributed by atoms with Crippen molar-refractivity contribution in [1.82, 2.24) is 9.97 Å². The number of nitrogens with one attached hydrogen (secondary N) is 1. The number of fused-ring (bicyclic) bond motifs is 4. The molecule has 9 heteroatoms. The highest BCUT2D eigenvalue weighted by Gasteiger charge is 2.24. The normalized spacial score (nSPS) is 17.1. The van der Waals surface area contributed by atoms with E-state index in [1.54, 1.807) is 0 Å².